The van der Waals surface area contributed by atoms with Crippen molar-refractivity contribution in [2.24, 2.45) is 17.8 Å². The zero-order valence-corrected chi connectivity index (χ0v) is 10.1. The molecule has 2 rings (SSSR count). The molecule has 0 saturated heterocycles. The summed E-state index contributed by atoms with van der Waals surface area (Å²) >= 11 is 0. The molecule has 0 amide bonds. The number of hydrogen-bond donors (Lipinski definition) is 0. The summed E-state index contributed by atoms with van der Waals surface area (Å²) in [7, 11) is 0. The Labute approximate surface area is 97.9 Å². The summed E-state index contributed by atoms with van der Waals surface area (Å²) in [5.74, 6) is 1.93. The van der Waals surface area contributed by atoms with E-state index < -0.39 is 0 Å². The maximum atomic E-state index is 12.4. The number of rotatable bonds is 3. The molecule has 3 atom stereocenters. The van der Waals surface area contributed by atoms with E-state index in [1.165, 1.54) is 6.42 Å². The van der Waals surface area contributed by atoms with Gasteiger partial charge < -0.3 is 0 Å². The highest BCUT2D eigenvalue weighted by molar-refractivity contribution is 5.98. The van der Waals surface area contributed by atoms with Crippen molar-refractivity contribution in [2.45, 2.75) is 33.1 Å². The molecule has 1 aromatic carbocycles. The molecule has 0 aliphatic heterocycles. The van der Waals surface area contributed by atoms with Gasteiger partial charge in [0.25, 0.3) is 0 Å². The van der Waals surface area contributed by atoms with Gasteiger partial charge in [0.2, 0.25) is 0 Å². The van der Waals surface area contributed by atoms with E-state index in [4.69, 9.17) is 0 Å². The number of Topliss-reactive ketones (excluding diaryl/α,β-unsaturated/α-hetero) is 1. The average Bonchev–Trinajstić information content (AvgIpc) is 2.70. The van der Waals surface area contributed by atoms with Crippen molar-refractivity contribution in [1.29, 1.82) is 0 Å². The highest BCUT2D eigenvalue weighted by Crippen LogP contribution is 2.39. The van der Waals surface area contributed by atoms with Crippen LogP contribution in [0.4, 0.5) is 0 Å². The third kappa shape index (κ3) is 2.18. The maximum Gasteiger partial charge on any atom is 0.166 e. The van der Waals surface area contributed by atoms with Gasteiger partial charge in [0.1, 0.15) is 0 Å². The van der Waals surface area contributed by atoms with Crippen molar-refractivity contribution >= 4 is 5.78 Å². The largest absolute Gasteiger partial charge is 0.294 e. The van der Waals surface area contributed by atoms with E-state index in [0.29, 0.717) is 17.6 Å². The number of benzene rings is 1. The Morgan fingerprint density at radius 1 is 1.25 bits per heavy atom. The number of carbonyl (C=O) groups excluding carboxylic acids is 1. The molecule has 1 aliphatic carbocycles. The second-order valence-electron chi connectivity index (χ2n) is 5.08. The molecule has 3 unspecified atom stereocenters. The van der Waals surface area contributed by atoms with Crippen LogP contribution in [0.25, 0.3) is 0 Å². The highest BCUT2D eigenvalue weighted by Gasteiger charge is 2.35. The normalized spacial score (nSPS) is 29.2. The summed E-state index contributed by atoms with van der Waals surface area (Å²) in [4.78, 5) is 12.4. The highest BCUT2D eigenvalue weighted by atomic mass is 16.1. The molecule has 0 heterocycles. The van der Waals surface area contributed by atoms with Gasteiger partial charge in [0.05, 0.1) is 0 Å². The third-order valence-electron chi connectivity index (χ3n) is 3.85. The van der Waals surface area contributed by atoms with E-state index in [-0.39, 0.29) is 5.92 Å². The number of ketones is 1. The second kappa shape index (κ2) is 4.82. The van der Waals surface area contributed by atoms with Gasteiger partial charge in [-0.25, -0.2) is 0 Å². The molecule has 1 aliphatic rings. The number of carbonyl (C=O) groups is 1. The molecule has 0 radical (unpaired) electrons. The summed E-state index contributed by atoms with van der Waals surface area (Å²) in [6, 6.07) is 9.75. The van der Waals surface area contributed by atoms with Crippen molar-refractivity contribution < 1.29 is 4.79 Å². The summed E-state index contributed by atoms with van der Waals surface area (Å²) in [5, 5.41) is 0. The lowest BCUT2D eigenvalue weighted by molar-refractivity contribution is 0.0888. The maximum absolute atomic E-state index is 12.4. The van der Waals surface area contributed by atoms with Gasteiger partial charge in [-0.2, -0.15) is 0 Å². The summed E-state index contributed by atoms with van der Waals surface area (Å²) in [5.41, 5.74) is 0.889. The lowest BCUT2D eigenvalue weighted by Crippen LogP contribution is -2.18. The molecule has 1 saturated carbocycles. The molecule has 0 bridgehead atoms. The molecule has 1 nitrogen and oxygen atoms in total. The molecular weight excluding hydrogens is 196 g/mol. The van der Waals surface area contributed by atoms with Crippen LogP contribution in [0.2, 0.25) is 0 Å². The molecule has 1 fully saturated rings. The first kappa shape index (κ1) is 11.4. The molecule has 1 heteroatoms. The lowest BCUT2D eigenvalue weighted by atomic mass is 9.87. The Bertz CT molecular complexity index is 355. The van der Waals surface area contributed by atoms with E-state index in [1.807, 2.05) is 30.3 Å². The SMILES string of the molecule is CCC1CC(C)CC1C(=O)c1ccccc1. The van der Waals surface area contributed by atoms with Crippen molar-refractivity contribution in [1.82, 2.24) is 0 Å². The Hall–Kier alpha value is -1.11. The van der Waals surface area contributed by atoms with Crippen LogP contribution in [0.5, 0.6) is 0 Å². The molecule has 1 aromatic rings. The Kier molecular flexibility index (Phi) is 3.42. The van der Waals surface area contributed by atoms with E-state index in [2.05, 4.69) is 13.8 Å². The minimum absolute atomic E-state index is 0.266. The fourth-order valence-corrected chi connectivity index (χ4v) is 2.99. The summed E-state index contributed by atoms with van der Waals surface area (Å²) in [6.07, 6.45) is 3.43. The van der Waals surface area contributed by atoms with Crippen molar-refractivity contribution in [2.75, 3.05) is 0 Å². The first-order chi connectivity index (χ1) is 7.72. The summed E-state index contributed by atoms with van der Waals surface area (Å²) < 4.78 is 0. The minimum Gasteiger partial charge on any atom is -0.294 e. The smallest absolute Gasteiger partial charge is 0.166 e. The van der Waals surface area contributed by atoms with E-state index in [9.17, 15) is 4.79 Å². The molecule has 0 aromatic heterocycles. The molecule has 16 heavy (non-hydrogen) atoms. The van der Waals surface area contributed by atoms with Gasteiger partial charge in [-0.1, -0.05) is 50.6 Å². The topological polar surface area (TPSA) is 17.1 Å². The first-order valence-corrected chi connectivity index (χ1v) is 6.31. The van der Waals surface area contributed by atoms with Gasteiger partial charge in [-0.05, 0) is 24.7 Å². The van der Waals surface area contributed by atoms with Crippen LogP contribution in [0.3, 0.4) is 0 Å². The van der Waals surface area contributed by atoms with Crippen molar-refractivity contribution in [3.05, 3.63) is 35.9 Å². The van der Waals surface area contributed by atoms with Crippen molar-refractivity contribution in [3.63, 3.8) is 0 Å². The average molecular weight is 216 g/mol. The number of hydrogen-bond acceptors (Lipinski definition) is 1. The van der Waals surface area contributed by atoms with Crippen LogP contribution in [0.15, 0.2) is 30.3 Å². The van der Waals surface area contributed by atoms with Gasteiger partial charge in [-0.3, -0.25) is 4.79 Å². The van der Waals surface area contributed by atoms with Crippen LogP contribution >= 0.6 is 0 Å². The predicted octanol–water partition coefficient (Wildman–Crippen LogP) is 3.94. The fourth-order valence-electron chi connectivity index (χ4n) is 2.99. The van der Waals surface area contributed by atoms with Gasteiger partial charge >= 0.3 is 0 Å². The molecule has 0 N–H and O–H groups in total. The first-order valence-electron chi connectivity index (χ1n) is 6.31. The summed E-state index contributed by atoms with van der Waals surface area (Å²) in [6.45, 7) is 4.47. The Morgan fingerprint density at radius 3 is 2.56 bits per heavy atom. The molecule has 0 spiro atoms. The van der Waals surface area contributed by atoms with E-state index in [1.54, 1.807) is 0 Å². The van der Waals surface area contributed by atoms with E-state index >= 15 is 0 Å². The Morgan fingerprint density at radius 2 is 1.94 bits per heavy atom. The van der Waals surface area contributed by atoms with Crippen LogP contribution in [-0.2, 0) is 0 Å². The van der Waals surface area contributed by atoms with E-state index in [0.717, 1.165) is 18.4 Å². The quantitative estimate of drug-likeness (QED) is 0.699. The standard InChI is InChI=1S/C15H20O/c1-3-12-9-11(2)10-14(12)15(16)13-7-5-4-6-8-13/h4-8,11-12,14H,3,9-10H2,1-2H3. The van der Waals surface area contributed by atoms with Gasteiger partial charge in [0, 0.05) is 11.5 Å². The lowest BCUT2D eigenvalue weighted by Gasteiger charge is -2.16. The molecule has 86 valence electrons. The third-order valence-corrected chi connectivity index (χ3v) is 3.85. The fraction of sp³-hybridized carbons (Fsp3) is 0.533. The van der Waals surface area contributed by atoms with Crippen LogP contribution in [0, 0.1) is 17.8 Å². The zero-order valence-electron chi connectivity index (χ0n) is 10.1. The second-order valence-corrected chi connectivity index (χ2v) is 5.08. The predicted molar refractivity (Wildman–Crippen MR) is 66.4 cm³/mol. The van der Waals surface area contributed by atoms with Gasteiger partial charge in [-0.15, -0.1) is 0 Å². The minimum atomic E-state index is 0.266. The van der Waals surface area contributed by atoms with Crippen molar-refractivity contribution in [3.8, 4) is 0 Å². The van der Waals surface area contributed by atoms with Gasteiger partial charge in [0.15, 0.2) is 5.78 Å². The van der Waals surface area contributed by atoms with Crippen LogP contribution < -0.4 is 0 Å². The zero-order chi connectivity index (χ0) is 11.5. The molecular formula is C15H20O. The Balaban J connectivity index is 2.16. The van der Waals surface area contributed by atoms with Crippen LogP contribution in [-0.4, -0.2) is 5.78 Å². The monoisotopic (exact) mass is 216 g/mol. The van der Waals surface area contributed by atoms with Crippen LogP contribution in [0.1, 0.15) is 43.5 Å².